The largest absolute Gasteiger partial charge is 0.393 e. The van der Waals surface area contributed by atoms with Gasteiger partial charge in [0.2, 0.25) is 0 Å². The van der Waals surface area contributed by atoms with Crippen molar-refractivity contribution < 1.29 is 5.11 Å². The van der Waals surface area contributed by atoms with Crippen molar-refractivity contribution in [3.8, 4) is 0 Å². The fourth-order valence-corrected chi connectivity index (χ4v) is 1.65. The number of hydrogen-bond donors (Lipinski definition) is 2. The minimum atomic E-state index is -0.231. The minimum Gasteiger partial charge on any atom is -0.393 e. The van der Waals surface area contributed by atoms with Crippen molar-refractivity contribution >= 4 is 5.69 Å². The Morgan fingerprint density at radius 3 is 2.47 bits per heavy atom. The van der Waals surface area contributed by atoms with Crippen LogP contribution in [-0.2, 0) is 6.54 Å². The van der Waals surface area contributed by atoms with Crippen LogP contribution < -0.4 is 10.2 Å². The topological polar surface area (TPSA) is 35.5 Å². The summed E-state index contributed by atoms with van der Waals surface area (Å²) in [5.74, 6) is 0. The highest BCUT2D eigenvalue weighted by molar-refractivity contribution is 5.46. The average molecular weight is 236 g/mol. The fourth-order valence-electron chi connectivity index (χ4n) is 1.65. The summed E-state index contributed by atoms with van der Waals surface area (Å²) in [6.07, 6.45) is 0.570. The molecule has 17 heavy (non-hydrogen) atoms. The second-order valence-corrected chi connectivity index (χ2v) is 4.51. The molecule has 0 aliphatic carbocycles. The van der Waals surface area contributed by atoms with E-state index in [0.29, 0.717) is 0 Å². The van der Waals surface area contributed by atoms with Crippen molar-refractivity contribution in [2.24, 2.45) is 0 Å². The van der Waals surface area contributed by atoms with Crippen LogP contribution in [-0.4, -0.2) is 31.3 Å². The van der Waals surface area contributed by atoms with Gasteiger partial charge in [0.25, 0.3) is 0 Å². The maximum Gasteiger partial charge on any atom is 0.0528 e. The maximum atomic E-state index is 9.25. The van der Waals surface area contributed by atoms with Gasteiger partial charge < -0.3 is 15.3 Å². The predicted molar refractivity (Wildman–Crippen MR) is 73.4 cm³/mol. The average Bonchev–Trinajstić information content (AvgIpc) is 2.34. The van der Waals surface area contributed by atoms with Gasteiger partial charge in [0, 0.05) is 25.8 Å². The molecule has 0 aliphatic rings. The van der Waals surface area contributed by atoms with Crippen molar-refractivity contribution in [1.82, 2.24) is 5.32 Å². The molecule has 0 spiro atoms. The van der Waals surface area contributed by atoms with Crippen molar-refractivity contribution in [3.05, 3.63) is 29.8 Å². The van der Waals surface area contributed by atoms with Crippen LogP contribution in [0.3, 0.4) is 0 Å². The van der Waals surface area contributed by atoms with Gasteiger partial charge in [-0.05, 0) is 37.6 Å². The third-order valence-corrected chi connectivity index (χ3v) is 2.84. The summed E-state index contributed by atoms with van der Waals surface area (Å²) >= 11 is 0. The van der Waals surface area contributed by atoms with E-state index in [0.717, 1.165) is 26.1 Å². The molecule has 0 bridgehead atoms. The lowest BCUT2D eigenvalue weighted by atomic mass is 10.2. The molecule has 0 saturated heterocycles. The van der Waals surface area contributed by atoms with Crippen LogP contribution in [0.4, 0.5) is 5.69 Å². The minimum absolute atomic E-state index is 0.231. The summed E-state index contributed by atoms with van der Waals surface area (Å²) in [5, 5.41) is 12.6. The Kier molecular flexibility index (Phi) is 6.01. The van der Waals surface area contributed by atoms with E-state index in [-0.39, 0.29) is 6.10 Å². The van der Waals surface area contributed by atoms with Crippen LogP contribution in [0.15, 0.2) is 24.3 Å². The molecule has 3 heteroatoms. The number of hydrogen-bond acceptors (Lipinski definition) is 3. The number of aliphatic hydroxyl groups is 1. The Hall–Kier alpha value is -1.06. The number of rotatable bonds is 7. The Bertz CT molecular complexity index is 309. The highest BCUT2D eigenvalue weighted by atomic mass is 16.3. The van der Waals surface area contributed by atoms with E-state index in [2.05, 4.69) is 48.5 Å². The summed E-state index contributed by atoms with van der Waals surface area (Å²) < 4.78 is 0. The lowest BCUT2D eigenvalue weighted by molar-refractivity contribution is 0.187. The first-order valence-corrected chi connectivity index (χ1v) is 6.32. The summed E-state index contributed by atoms with van der Waals surface area (Å²) in [5.41, 5.74) is 2.51. The molecule has 1 atom stereocenters. The molecule has 1 unspecified atom stereocenters. The predicted octanol–water partition coefficient (Wildman–Crippen LogP) is 2.00. The maximum absolute atomic E-state index is 9.25. The molecule has 0 radical (unpaired) electrons. The molecule has 0 amide bonds. The van der Waals surface area contributed by atoms with E-state index in [1.807, 2.05) is 6.92 Å². The van der Waals surface area contributed by atoms with Crippen molar-refractivity contribution in [1.29, 1.82) is 0 Å². The smallest absolute Gasteiger partial charge is 0.0528 e. The van der Waals surface area contributed by atoms with Crippen LogP contribution in [0, 0.1) is 0 Å². The highest BCUT2D eigenvalue weighted by Crippen LogP contribution is 2.14. The lowest BCUT2D eigenvalue weighted by Gasteiger charge is -2.20. The molecular formula is C14H24N2O. The van der Waals surface area contributed by atoms with Crippen LogP contribution >= 0.6 is 0 Å². The number of benzene rings is 1. The van der Waals surface area contributed by atoms with Crippen LogP contribution in [0.1, 0.15) is 25.8 Å². The number of nitrogens with one attached hydrogen (secondary N) is 1. The van der Waals surface area contributed by atoms with E-state index < -0.39 is 0 Å². The molecule has 0 saturated carbocycles. The molecule has 0 aliphatic heterocycles. The second-order valence-electron chi connectivity index (χ2n) is 4.51. The van der Waals surface area contributed by atoms with Crippen LogP contribution in [0.2, 0.25) is 0 Å². The Labute approximate surface area is 104 Å². The molecule has 0 heterocycles. The first kappa shape index (κ1) is 14.0. The molecular weight excluding hydrogens is 212 g/mol. The second kappa shape index (κ2) is 7.30. The Balaban J connectivity index is 2.48. The van der Waals surface area contributed by atoms with Gasteiger partial charge in [-0.3, -0.25) is 0 Å². The van der Waals surface area contributed by atoms with E-state index in [4.69, 9.17) is 0 Å². The van der Waals surface area contributed by atoms with E-state index in [9.17, 15) is 5.11 Å². The van der Waals surface area contributed by atoms with Gasteiger partial charge in [0.15, 0.2) is 0 Å². The molecule has 1 aromatic carbocycles. The Morgan fingerprint density at radius 2 is 1.94 bits per heavy atom. The van der Waals surface area contributed by atoms with Crippen LogP contribution in [0.25, 0.3) is 0 Å². The van der Waals surface area contributed by atoms with E-state index in [1.165, 1.54) is 11.3 Å². The summed E-state index contributed by atoms with van der Waals surface area (Å²) in [6, 6.07) is 8.57. The summed E-state index contributed by atoms with van der Waals surface area (Å²) in [7, 11) is 2.06. The van der Waals surface area contributed by atoms with Gasteiger partial charge >= 0.3 is 0 Å². The summed E-state index contributed by atoms with van der Waals surface area (Å²) in [4.78, 5) is 2.17. The first-order valence-electron chi connectivity index (χ1n) is 6.32. The standard InChI is InChI=1S/C14H24N2O/c1-4-15-11-13-5-7-14(8-6-13)16(3)10-9-12(2)17/h5-8,12,15,17H,4,9-11H2,1-3H3. The van der Waals surface area contributed by atoms with Crippen molar-refractivity contribution in [2.45, 2.75) is 32.9 Å². The monoisotopic (exact) mass is 236 g/mol. The third-order valence-electron chi connectivity index (χ3n) is 2.84. The van der Waals surface area contributed by atoms with Gasteiger partial charge in [-0.2, -0.15) is 0 Å². The molecule has 96 valence electrons. The third kappa shape index (κ3) is 5.20. The number of aliphatic hydroxyl groups excluding tert-OH is 1. The zero-order valence-corrected chi connectivity index (χ0v) is 11.1. The SMILES string of the molecule is CCNCc1ccc(N(C)CCC(C)O)cc1. The Morgan fingerprint density at radius 1 is 1.29 bits per heavy atom. The quantitative estimate of drug-likeness (QED) is 0.760. The molecule has 1 aromatic rings. The number of anilines is 1. The zero-order valence-electron chi connectivity index (χ0n) is 11.1. The van der Waals surface area contributed by atoms with Crippen LogP contribution in [0.5, 0.6) is 0 Å². The normalized spacial score (nSPS) is 12.5. The molecule has 0 fully saturated rings. The fraction of sp³-hybridized carbons (Fsp3) is 0.571. The molecule has 3 nitrogen and oxygen atoms in total. The molecule has 0 aromatic heterocycles. The lowest BCUT2D eigenvalue weighted by Crippen LogP contribution is -2.21. The molecule has 1 rings (SSSR count). The van der Waals surface area contributed by atoms with Gasteiger partial charge in [-0.1, -0.05) is 19.1 Å². The van der Waals surface area contributed by atoms with Gasteiger partial charge in [0.1, 0.15) is 0 Å². The molecule has 2 N–H and O–H groups in total. The summed E-state index contributed by atoms with van der Waals surface area (Å²) in [6.45, 7) is 6.74. The van der Waals surface area contributed by atoms with E-state index in [1.54, 1.807) is 0 Å². The number of nitrogens with zero attached hydrogens (tertiary/aromatic N) is 1. The first-order chi connectivity index (χ1) is 8.13. The van der Waals surface area contributed by atoms with Crippen molar-refractivity contribution in [3.63, 3.8) is 0 Å². The van der Waals surface area contributed by atoms with Crippen molar-refractivity contribution in [2.75, 3.05) is 25.0 Å². The van der Waals surface area contributed by atoms with E-state index >= 15 is 0 Å². The zero-order chi connectivity index (χ0) is 12.7. The highest BCUT2D eigenvalue weighted by Gasteiger charge is 2.02. The van der Waals surface area contributed by atoms with Gasteiger partial charge in [-0.25, -0.2) is 0 Å². The van der Waals surface area contributed by atoms with Gasteiger partial charge in [-0.15, -0.1) is 0 Å². The van der Waals surface area contributed by atoms with Gasteiger partial charge in [0.05, 0.1) is 6.10 Å².